The number of benzene rings is 3. The Morgan fingerprint density at radius 3 is 2.22 bits per heavy atom. The normalized spacial score (nSPS) is 13.1. The summed E-state index contributed by atoms with van der Waals surface area (Å²) in [6.45, 7) is 8.26. The predicted octanol–water partition coefficient (Wildman–Crippen LogP) is 3.99. The molecule has 45 heavy (non-hydrogen) atoms. The van der Waals surface area contributed by atoms with Crippen LogP contribution in [-0.2, 0) is 14.4 Å². The lowest BCUT2D eigenvalue weighted by atomic mass is 10.0. The van der Waals surface area contributed by atoms with Gasteiger partial charge in [0.1, 0.15) is 0 Å². The summed E-state index contributed by atoms with van der Waals surface area (Å²) < 4.78 is 0. The minimum Gasteiger partial charge on any atom is -0.478 e. The Bertz CT molecular complexity index is 1670. The van der Waals surface area contributed by atoms with Gasteiger partial charge >= 0.3 is 11.9 Å². The number of aliphatic hydroxyl groups excluding tert-OH is 1. The van der Waals surface area contributed by atoms with Crippen LogP contribution in [0.15, 0.2) is 97.7 Å². The monoisotopic (exact) mass is 610 g/mol. The maximum atomic E-state index is 11.7. The van der Waals surface area contributed by atoms with Gasteiger partial charge in [-0.3, -0.25) is 9.69 Å². The number of β-amino-alcohol motifs (C(OH)–C–C–N with tert-alkyl or cyclic N) is 1. The molecule has 1 aliphatic heterocycles. The summed E-state index contributed by atoms with van der Waals surface area (Å²) in [5.74, 6) is -2.25. The Kier molecular flexibility index (Phi) is 11.3. The standard InChI is InChI=1S/C29H30N6O2.C4H4O4/c1-2-27(37)31-24-7-3-5-21(19-24)26-8-4-6-22-20-30-29(33-28(22)26)32-23-9-11-25(12-10-23)35-15-13-34(14-16-35)17-18-36;5-3(6)1-2-4(7)8/h2-12,19-20,36H,1,13-18H2,(H,31,37)(H,30,32,33);1-2H,(H,5,6)(H,7,8)/b;2-1-. The highest BCUT2D eigenvalue weighted by Crippen LogP contribution is 2.30. The number of carboxylic acid groups (broad SMARTS) is 2. The van der Waals surface area contributed by atoms with Gasteiger partial charge in [0.05, 0.1) is 12.1 Å². The van der Waals surface area contributed by atoms with Crippen molar-refractivity contribution in [2.45, 2.75) is 0 Å². The first-order valence-electron chi connectivity index (χ1n) is 14.1. The molecule has 0 radical (unpaired) electrons. The van der Waals surface area contributed by atoms with Crippen LogP contribution in [-0.4, -0.2) is 87.4 Å². The molecule has 1 aliphatic rings. The third kappa shape index (κ3) is 9.45. The number of carbonyl (C=O) groups excluding carboxylic acids is 1. The number of hydrogen-bond donors (Lipinski definition) is 5. The molecule has 12 nitrogen and oxygen atoms in total. The zero-order valence-corrected chi connectivity index (χ0v) is 24.5. The molecule has 232 valence electrons. The fourth-order valence-electron chi connectivity index (χ4n) is 4.71. The van der Waals surface area contributed by atoms with Crippen LogP contribution in [0.2, 0.25) is 0 Å². The number of hydrogen-bond acceptors (Lipinski definition) is 9. The fourth-order valence-corrected chi connectivity index (χ4v) is 4.71. The van der Waals surface area contributed by atoms with Gasteiger partial charge in [-0.2, -0.15) is 0 Å². The Hall–Kier alpha value is -5.59. The third-order valence-corrected chi connectivity index (χ3v) is 6.88. The van der Waals surface area contributed by atoms with Crippen molar-refractivity contribution in [1.29, 1.82) is 0 Å². The van der Waals surface area contributed by atoms with Gasteiger partial charge in [-0.15, -0.1) is 0 Å². The summed E-state index contributed by atoms with van der Waals surface area (Å²) in [6.07, 6.45) is 4.18. The Morgan fingerprint density at radius 1 is 0.889 bits per heavy atom. The first kappa shape index (κ1) is 32.3. The number of anilines is 4. The lowest BCUT2D eigenvalue weighted by molar-refractivity contribution is -0.134. The van der Waals surface area contributed by atoms with Crippen LogP contribution < -0.4 is 15.5 Å². The summed E-state index contributed by atoms with van der Waals surface area (Å²) >= 11 is 0. The molecule has 0 atom stereocenters. The highest BCUT2D eigenvalue weighted by Gasteiger charge is 2.16. The van der Waals surface area contributed by atoms with Crippen molar-refractivity contribution < 1.29 is 29.7 Å². The quantitative estimate of drug-likeness (QED) is 0.165. The largest absolute Gasteiger partial charge is 0.478 e. The second-order valence-electron chi connectivity index (χ2n) is 9.95. The van der Waals surface area contributed by atoms with Crippen LogP contribution in [0.1, 0.15) is 0 Å². The summed E-state index contributed by atoms with van der Waals surface area (Å²) in [5.41, 5.74) is 5.51. The topological polar surface area (TPSA) is 168 Å². The van der Waals surface area contributed by atoms with Gasteiger partial charge < -0.3 is 30.9 Å². The van der Waals surface area contributed by atoms with Crippen LogP contribution in [0, 0.1) is 0 Å². The number of carboxylic acids is 2. The second kappa shape index (κ2) is 15.8. The van der Waals surface area contributed by atoms with Gasteiger partial charge in [0.15, 0.2) is 0 Å². The molecule has 0 saturated carbocycles. The molecule has 1 aromatic heterocycles. The van der Waals surface area contributed by atoms with Crippen LogP contribution in [0.4, 0.5) is 23.0 Å². The molecule has 5 N–H and O–H groups in total. The van der Waals surface area contributed by atoms with Gasteiger partial charge in [-0.25, -0.2) is 19.6 Å². The minimum absolute atomic E-state index is 0.207. The number of aliphatic carboxylic acids is 2. The Morgan fingerprint density at radius 2 is 1.58 bits per heavy atom. The molecule has 2 heterocycles. The van der Waals surface area contributed by atoms with Crippen molar-refractivity contribution in [2.75, 3.05) is 54.9 Å². The first-order chi connectivity index (χ1) is 21.7. The van der Waals surface area contributed by atoms with Crippen molar-refractivity contribution in [3.05, 3.63) is 97.7 Å². The molecule has 5 rings (SSSR count). The molecule has 1 fully saturated rings. The molecule has 0 spiro atoms. The van der Waals surface area contributed by atoms with E-state index in [1.807, 2.05) is 60.8 Å². The molecule has 12 heteroatoms. The van der Waals surface area contributed by atoms with E-state index in [2.05, 4.69) is 44.1 Å². The third-order valence-electron chi connectivity index (χ3n) is 6.88. The van der Waals surface area contributed by atoms with Crippen molar-refractivity contribution >= 4 is 51.8 Å². The van der Waals surface area contributed by atoms with Crippen molar-refractivity contribution in [2.24, 2.45) is 0 Å². The highest BCUT2D eigenvalue weighted by atomic mass is 16.4. The molecule has 4 aromatic rings. The highest BCUT2D eigenvalue weighted by molar-refractivity contribution is 6.00. The molecule has 0 unspecified atom stereocenters. The van der Waals surface area contributed by atoms with E-state index in [1.54, 1.807) is 0 Å². The van der Waals surface area contributed by atoms with Crippen LogP contribution in [0.25, 0.3) is 22.0 Å². The Labute approximate surface area is 260 Å². The van der Waals surface area contributed by atoms with E-state index in [-0.39, 0.29) is 12.5 Å². The van der Waals surface area contributed by atoms with Gasteiger partial charge in [-0.1, -0.05) is 36.9 Å². The number of piperazine rings is 1. The lowest BCUT2D eigenvalue weighted by Crippen LogP contribution is -2.47. The van der Waals surface area contributed by atoms with E-state index in [1.165, 1.54) is 11.8 Å². The SMILES string of the molecule is C=CC(=O)Nc1cccc(-c2cccc3cnc(Nc4ccc(N5CCN(CCO)CC5)cc4)nc23)c1.O=C(O)/C=C\C(=O)O. The zero-order chi connectivity index (χ0) is 32.2. The van der Waals surface area contributed by atoms with E-state index >= 15 is 0 Å². The maximum Gasteiger partial charge on any atom is 0.328 e. The smallest absolute Gasteiger partial charge is 0.328 e. The van der Waals surface area contributed by atoms with Gasteiger partial charge in [0, 0.05) is 79.1 Å². The summed E-state index contributed by atoms with van der Waals surface area (Å²) in [4.78, 5) is 44.8. The number of amides is 1. The number of rotatable bonds is 10. The minimum atomic E-state index is -1.26. The van der Waals surface area contributed by atoms with Gasteiger partial charge in [0.25, 0.3) is 0 Å². The molecule has 1 amide bonds. The predicted molar refractivity (Wildman–Crippen MR) is 174 cm³/mol. The molecule has 0 aliphatic carbocycles. The van der Waals surface area contributed by atoms with Gasteiger partial charge in [-0.05, 0) is 48.0 Å². The molecular formula is C33H34N6O6. The van der Waals surface area contributed by atoms with E-state index in [0.717, 1.165) is 60.4 Å². The molecule has 0 bridgehead atoms. The number of aliphatic hydroxyl groups is 1. The molecule has 3 aromatic carbocycles. The fraction of sp³-hybridized carbons (Fsp3) is 0.182. The number of nitrogens with one attached hydrogen (secondary N) is 2. The van der Waals surface area contributed by atoms with Crippen LogP contribution >= 0.6 is 0 Å². The number of para-hydroxylation sites is 1. The van der Waals surface area contributed by atoms with Crippen LogP contribution in [0.3, 0.4) is 0 Å². The van der Waals surface area contributed by atoms with Crippen molar-refractivity contribution in [1.82, 2.24) is 14.9 Å². The number of fused-ring (bicyclic) bond motifs is 1. The summed E-state index contributed by atoms with van der Waals surface area (Å²) in [7, 11) is 0. The summed E-state index contributed by atoms with van der Waals surface area (Å²) in [5, 5.41) is 31.8. The average molecular weight is 611 g/mol. The van der Waals surface area contributed by atoms with Crippen molar-refractivity contribution in [3.8, 4) is 11.1 Å². The van der Waals surface area contributed by atoms with Crippen molar-refractivity contribution in [3.63, 3.8) is 0 Å². The number of nitrogens with zero attached hydrogens (tertiary/aromatic N) is 4. The van der Waals surface area contributed by atoms with E-state index in [4.69, 9.17) is 20.3 Å². The number of aromatic nitrogens is 2. The molecular weight excluding hydrogens is 576 g/mol. The zero-order valence-electron chi connectivity index (χ0n) is 24.5. The Balaban J connectivity index is 0.000000510. The van der Waals surface area contributed by atoms with E-state index in [0.29, 0.717) is 23.8 Å². The average Bonchev–Trinajstić information content (AvgIpc) is 3.05. The van der Waals surface area contributed by atoms with E-state index < -0.39 is 11.9 Å². The lowest BCUT2D eigenvalue weighted by Gasteiger charge is -2.35. The maximum absolute atomic E-state index is 11.7. The first-order valence-corrected chi connectivity index (χ1v) is 14.1. The van der Waals surface area contributed by atoms with Gasteiger partial charge in [0.2, 0.25) is 11.9 Å². The summed E-state index contributed by atoms with van der Waals surface area (Å²) in [6, 6.07) is 22.0. The number of carbonyl (C=O) groups is 3. The van der Waals surface area contributed by atoms with E-state index in [9.17, 15) is 14.4 Å². The second-order valence-corrected chi connectivity index (χ2v) is 9.95. The molecule has 1 saturated heterocycles. The van der Waals surface area contributed by atoms with Crippen LogP contribution in [0.5, 0.6) is 0 Å².